The summed E-state index contributed by atoms with van der Waals surface area (Å²) < 4.78 is 4.55. The number of carbonyl (C=O) groups excluding carboxylic acids is 2. The Morgan fingerprint density at radius 3 is 2.47 bits per heavy atom. The van der Waals surface area contributed by atoms with Gasteiger partial charge in [-0.05, 0) is 13.3 Å². The van der Waals surface area contributed by atoms with Gasteiger partial charge in [0.15, 0.2) is 0 Å². The quantitative estimate of drug-likeness (QED) is 0.667. The number of hydrogen-bond acceptors (Lipinski definition) is 3. The van der Waals surface area contributed by atoms with Gasteiger partial charge in [-0.1, -0.05) is 26.2 Å². The van der Waals surface area contributed by atoms with Gasteiger partial charge in [-0.3, -0.25) is 0 Å². The van der Waals surface area contributed by atoms with Gasteiger partial charge in [0.2, 0.25) is 0 Å². The normalized spacial score (nSPS) is 9.47. The van der Waals surface area contributed by atoms with Crippen molar-refractivity contribution in [2.75, 3.05) is 13.2 Å². The van der Waals surface area contributed by atoms with E-state index in [-0.39, 0.29) is 6.61 Å². The summed E-state index contributed by atoms with van der Waals surface area (Å²) in [6, 6.07) is -0.495. The van der Waals surface area contributed by atoms with Crippen molar-refractivity contribution in [2.45, 2.75) is 39.5 Å². The van der Waals surface area contributed by atoms with Crippen LogP contribution in [0.15, 0.2) is 0 Å². The number of imide groups is 1. The summed E-state index contributed by atoms with van der Waals surface area (Å²) >= 11 is 0. The Balaban J connectivity index is 3.37. The topological polar surface area (TPSA) is 67.4 Å². The molecule has 0 saturated heterocycles. The molecule has 3 amide bonds. The van der Waals surface area contributed by atoms with E-state index in [1.165, 1.54) is 6.42 Å². The third-order valence-electron chi connectivity index (χ3n) is 1.81. The lowest BCUT2D eigenvalue weighted by atomic mass is 10.2. The zero-order valence-electron chi connectivity index (χ0n) is 9.47. The van der Waals surface area contributed by atoms with Crippen LogP contribution in [0.1, 0.15) is 39.5 Å². The number of urea groups is 1. The van der Waals surface area contributed by atoms with Gasteiger partial charge >= 0.3 is 12.1 Å². The van der Waals surface area contributed by atoms with Crippen molar-refractivity contribution in [2.24, 2.45) is 0 Å². The van der Waals surface area contributed by atoms with Crippen LogP contribution in [-0.4, -0.2) is 25.3 Å². The number of unbranched alkanes of at least 4 members (excludes halogenated alkanes) is 3. The number of nitrogens with one attached hydrogen (secondary N) is 2. The van der Waals surface area contributed by atoms with E-state index in [0.29, 0.717) is 6.54 Å². The third kappa shape index (κ3) is 9.05. The zero-order chi connectivity index (χ0) is 11.5. The molecule has 0 fully saturated rings. The lowest BCUT2D eigenvalue weighted by Crippen LogP contribution is -2.40. The van der Waals surface area contributed by atoms with Crippen molar-refractivity contribution in [3.63, 3.8) is 0 Å². The molecule has 0 aliphatic rings. The van der Waals surface area contributed by atoms with Crippen LogP contribution < -0.4 is 10.6 Å². The molecule has 5 heteroatoms. The molecule has 2 N–H and O–H groups in total. The molecule has 0 atom stereocenters. The van der Waals surface area contributed by atoms with E-state index < -0.39 is 12.1 Å². The molecular weight excluding hydrogens is 196 g/mol. The van der Waals surface area contributed by atoms with E-state index in [4.69, 9.17) is 0 Å². The van der Waals surface area contributed by atoms with E-state index in [2.05, 4.69) is 22.3 Å². The Morgan fingerprint density at radius 2 is 1.87 bits per heavy atom. The van der Waals surface area contributed by atoms with Crippen LogP contribution in [0, 0.1) is 0 Å². The maximum Gasteiger partial charge on any atom is 0.415 e. The summed E-state index contributed by atoms with van der Waals surface area (Å²) in [5, 5.41) is 4.64. The monoisotopic (exact) mass is 216 g/mol. The number of alkyl carbamates (subject to hydrolysis) is 1. The smallest absolute Gasteiger partial charge is 0.415 e. The molecular formula is C10H20N2O3. The molecule has 0 heterocycles. The Kier molecular flexibility index (Phi) is 8.52. The average molecular weight is 216 g/mol. The van der Waals surface area contributed by atoms with Gasteiger partial charge in [0, 0.05) is 6.54 Å². The first-order valence-electron chi connectivity index (χ1n) is 5.42. The first kappa shape index (κ1) is 13.7. The van der Waals surface area contributed by atoms with E-state index in [0.717, 1.165) is 19.3 Å². The third-order valence-corrected chi connectivity index (χ3v) is 1.81. The molecule has 0 unspecified atom stereocenters. The lowest BCUT2D eigenvalue weighted by Gasteiger charge is -2.05. The molecule has 0 aliphatic heterocycles. The molecule has 0 radical (unpaired) electrons. The van der Waals surface area contributed by atoms with Gasteiger partial charge in [0.25, 0.3) is 0 Å². The van der Waals surface area contributed by atoms with E-state index in [1.54, 1.807) is 6.92 Å². The zero-order valence-corrected chi connectivity index (χ0v) is 9.47. The minimum absolute atomic E-state index is 0.260. The highest BCUT2D eigenvalue weighted by atomic mass is 16.5. The number of carbonyl (C=O) groups is 2. The summed E-state index contributed by atoms with van der Waals surface area (Å²) in [6.07, 6.45) is 3.65. The SMILES string of the molecule is CCCCCCNC(=O)NC(=O)OCC. The van der Waals surface area contributed by atoms with Crippen molar-refractivity contribution < 1.29 is 14.3 Å². The van der Waals surface area contributed by atoms with Gasteiger partial charge < -0.3 is 10.1 Å². The summed E-state index contributed by atoms with van der Waals surface area (Å²) in [4.78, 5) is 21.8. The second-order valence-corrected chi connectivity index (χ2v) is 3.16. The van der Waals surface area contributed by atoms with Crippen molar-refractivity contribution in [3.8, 4) is 0 Å². The van der Waals surface area contributed by atoms with E-state index >= 15 is 0 Å². The number of rotatable bonds is 6. The maximum absolute atomic E-state index is 11.0. The predicted octanol–water partition coefficient (Wildman–Crippen LogP) is 2.02. The first-order valence-corrected chi connectivity index (χ1v) is 5.42. The van der Waals surface area contributed by atoms with Crippen LogP contribution >= 0.6 is 0 Å². The summed E-state index contributed by atoms with van der Waals surface area (Å²) in [6.45, 7) is 4.66. The summed E-state index contributed by atoms with van der Waals surface area (Å²) in [5.74, 6) is 0. The molecule has 0 aromatic heterocycles. The van der Waals surface area contributed by atoms with Gasteiger partial charge in [-0.2, -0.15) is 0 Å². The fourth-order valence-corrected chi connectivity index (χ4v) is 1.06. The minimum atomic E-state index is -0.705. The number of ether oxygens (including phenoxy) is 1. The Hall–Kier alpha value is -1.26. The van der Waals surface area contributed by atoms with Crippen LogP contribution in [-0.2, 0) is 4.74 Å². The molecule has 0 rings (SSSR count). The van der Waals surface area contributed by atoms with Gasteiger partial charge in [-0.15, -0.1) is 0 Å². The van der Waals surface area contributed by atoms with E-state index in [9.17, 15) is 9.59 Å². The van der Waals surface area contributed by atoms with Crippen molar-refractivity contribution >= 4 is 12.1 Å². The Bertz CT molecular complexity index is 195. The molecule has 15 heavy (non-hydrogen) atoms. The Labute approximate surface area is 90.6 Å². The first-order chi connectivity index (χ1) is 7.20. The fourth-order valence-electron chi connectivity index (χ4n) is 1.06. The highest BCUT2D eigenvalue weighted by Gasteiger charge is 2.05. The van der Waals surface area contributed by atoms with Crippen LogP contribution in [0.5, 0.6) is 0 Å². The van der Waals surface area contributed by atoms with Crippen LogP contribution in [0.4, 0.5) is 9.59 Å². The van der Waals surface area contributed by atoms with Crippen LogP contribution in [0.2, 0.25) is 0 Å². The molecule has 0 aromatic carbocycles. The van der Waals surface area contributed by atoms with Crippen LogP contribution in [0.25, 0.3) is 0 Å². The second kappa shape index (κ2) is 9.30. The fraction of sp³-hybridized carbons (Fsp3) is 0.800. The molecule has 0 spiro atoms. The van der Waals surface area contributed by atoms with Crippen molar-refractivity contribution in [1.29, 1.82) is 0 Å². The average Bonchev–Trinajstić information content (AvgIpc) is 2.17. The molecule has 0 saturated carbocycles. The summed E-state index contributed by atoms with van der Waals surface area (Å²) in [7, 11) is 0. The molecule has 0 aromatic rings. The summed E-state index contributed by atoms with van der Waals surface area (Å²) in [5.41, 5.74) is 0. The standard InChI is InChI=1S/C10H20N2O3/c1-3-5-6-7-8-11-9(13)12-10(14)15-4-2/h3-8H2,1-2H3,(H2,11,12,13,14). The van der Waals surface area contributed by atoms with Crippen LogP contribution in [0.3, 0.4) is 0 Å². The molecule has 5 nitrogen and oxygen atoms in total. The highest BCUT2D eigenvalue weighted by Crippen LogP contribution is 1.96. The molecule has 88 valence electrons. The van der Waals surface area contributed by atoms with Gasteiger partial charge in [0.1, 0.15) is 0 Å². The largest absolute Gasteiger partial charge is 0.450 e. The highest BCUT2D eigenvalue weighted by molar-refractivity contribution is 5.90. The van der Waals surface area contributed by atoms with Gasteiger partial charge in [0.05, 0.1) is 6.61 Å². The molecule has 0 aliphatic carbocycles. The van der Waals surface area contributed by atoms with Crippen molar-refractivity contribution in [1.82, 2.24) is 10.6 Å². The lowest BCUT2D eigenvalue weighted by molar-refractivity contribution is 0.153. The number of amides is 3. The Morgan fingerprint density at radius 1 is 1.13 bits per heavy atom. The van der Waals surface area contributed by atoms with Crippen molar-refractivity contribution in [3.05, 3.63) is 0 Å². The minimum Gasteiger partial charge on any atom is -0.450 e. The van der Waals surface area contributed by atoms with Gasteiger partial charge in [-0.25, -0.2) is 14.9 Å². The van der Waals surface area contributed by atoms with E-state index in [1.807, 2.05) is 0 Å². The predicted molar refractivity (Wildman–Crippen MR) is 57.7 cm³/mol. The molecule has 0 bridgehead atoms. The second-order valence-electron chi connectivity index (χ2n) is 3.16. The maximum atomic E-state index is 11.0. The number of hydrogen-bond donors (Lipinski definition) is 2.